The van der Waals surface area contributed by atoms with Gasteiger partial charge in [0.2, 0.25) is 18.5 Å². The fraction of sp³-hybridized carbons (Fsp3) is 0.636. The van der Waals surface area contributed by atoms with E-state index in [0.717, 1.165) is 44.1 Å². The largest absolute Gasteiger partial charge is 0.458 e. The molecule has 0 unspecified atom stereocenters. The van der Waals surface area contributed by atoms with Crippen LogP contribution in [0.25, 0.3) is 0 Å². The van der Waals surface area contributed by atoms with Gasteiger partial charge in [0.15, 0.2) is 23.9 Å². The van der Waals surface area contributed by atoms with E-state index in [0.29, 0.717) is 36.2 Å². The number of nitrogens with one attached hydrogen (secondary N) is 1. The molecule has 1 aromatic rings. The number of benzene rings is 1. The van der Waals surface area contributed by atoms with Crippen molar-refractivity contribution in [2.75, 3.05) is 13.4 Å². The zero-order valence-electron chi connectivity index (χ0n) is 24.5. The van der Waals surface area contributed by atoms with Gasteiger partial charge in [-0.25, -0.2) is 0 Å². The van der Waals surface area contributed by atoms with Crippen molar-refractivity contribution < 1.29 is 38.5 Å². The molecule has 0 aromatic heterocycles. The summed E-state index contributed by atoms with van der Waals surface area (Å²) in [5.41, 5.74) is 0.0505. The van der Waals surface area contributed by atoms with Crippen LogP contribution < -0.4 is 14.8 Å². The molecule has 9 nitrogen and oxygen atoms in total. The van der Waals surface area contributed by atoms with Crippen molar-refractivity contribution in [3.05, 3.63) is 35.4 Å². The summed E-state index contributed by atoms with van der Waals surface area (Å²) < 4.78 is 15.9. The number of hydrogen-bond acceptors (Lipinski definition) is 8. The van der Waals surface area contributed by atoms with Gasteiger partial charge in [0.1, 0.15) is 5.60 Å². The second-order valence-electron chi connectivity index (χ2n) is 13.4. The topological polar surface area (TPSA) is 128 Å². The number of ether oxygens (including phenoxy) is 3. The zero-order chi connectivity index (χ0) is 29.7. The van der Waals surface area contributed by atoms with E-state index < -0.39 is 29.4 Å². The lowest BCUT2D eigenvalue weighted by Crippen LogP contribution is -2.58. The molecule has 1 heterocycles. The number of rotatable bonds is 8. The Hall–Kier alpha value is -3.20. The lowest BCUT2D eigenvalue weighted by molar-refractivity contribution is -0.170. The number of Topliss-reactive ketones (excluding diaryl/α,β-unsaturated/α-hetero) is 1. The van der Waals surface area contributed by atoms with Gasteiger partial charge in [-0.15, -0.1) is 0 Å². The number of amides is 1. The molecule has 9 heteroatoms. The molecule has 1 amide bonds. The van der Waals surface area contributed by atoms with Crippen LogP contribution in [0.5, 0.6) is 11.5 Å². The molecule has 0 radical (unpaired) electrons. The average molecular weight is 580 g/mol. The first-order valence-corrected chi connectivity index (χ1v) is 15.3. The van der Waals surface area contributed by atoms with E-state index in [9.17, 15) is 24.3 Å². The minimum atomic E-state index is -1.54. The van der Waals surface area contributed by atoms with Crippen LogP contribution in [-0.2, 0) is 30.5 Å². The minimum absolute atomic E-state index is 0.0230. The van der Waals surface area contributed by atoms with Crippen LogP contribution >= 0.6 is 0 Å². The normalized spacial score (nSPS) is 34.5. The SMILES string of the molecule is C[C@]12CCC(=O)C=C1CC[C@H]1[C@H]2CC[C@@]2(C)[C@H]1CC[C@]2(O)C(=O)COC(=O)CCC(=O)NCc1ccc2c(c1)OCO2. The zero-order valence-corrected chi connectivity index (χ0v) is 24.5. The predicted molar refractivity (Wildman–Crippen MR) is 151 cm³/mol. The number of carbonyl (C=O) groups excluding carboxylic acids is 4. The van der Waals surface area contributed by atoms with Crippen molar-refractivity contribution in [3.8, 4) is 11.5 Å². The van der Waals surface area contributed by atoms with E-state index in [1.54, 1.807) is 12.1 Å². The van der Waals surface area contributed by atoms with Gasteiger partial charge in [0.25, 0.3) is 0 Å². The molecule has 3 saturated carbocycles. The van der Waals surface area contributed by atoms with Crippen molar-refractivity contribution in [1.29, 1.82) is 0 Å². The van der Waals surface area contributed by atoms with Gasteiger partial charge in [-0.05, 0) is 91.9 Å². The van der Waals surface area contributed by atoms with E-state index in [4.69, 9.17) is 14.2 Å². The van der Waals surface area contributed by atoms with Crippen molar-refractivity contribution in [2.45, 2.75) is 90.2 Å². The monoisotopic (exact) mass is 579 g/mol. The van der Waals surface area contributed by atoms with Crippen molar-refractivity contribution >= 4 is 23.4 Å². The summed E-state index contributed by atoms with van der Waals surface area (Å²) in [6, 6.07) is 5.42. The highest BCUT2D eigenvalue weighted by molar-refractivity contribution is 5.92. The quantitative estimate of drug-likeness (QED) is 0.439. The fourth-order valence-corrected chi connectivity index (χ4v) is 8.93. The van der Waals surface area contributed by atoms with Gasteiger partial charge < -0.3 is 24.6 Å². The third-order valence-corrected chi connectivity index (χ3v) is 11.4. The number of ketones is 2. The highest BCUT2D eigenvalue weighted by atomic mass is 16.7. The van der Waals surface area contributed by atoms with Crippen LogP contribution in [0.1, 0.15) is 83.6 Å². The fourth-order valence-electron chi connectivity index (χ4n) is 8.93. The lowest BCUT2D eigenvalue weighted by Gasteiger charge is -2.58. The maximum absolute atomic E-state index is 13.4. The Kier molecular flexibility index (Phi) is 7.44. The molecule has 6 atom stereocenters. The third-order valence-electron chi connectivity index (χ3n) is 11.4. The summed E-state index contributed by atoms with van der Waals surface area (Å²) in [7, 11) is 0. The lowest BCUT2D eigenvalue weighted by atomic mass is 9.46. The van der Waals surface area contributed by atoms with Gasteiger partial charge in [0.05, 0.1) is 6.42 Å². The summed E-state index contributed by atoms with van der Waals surface area (Å²) in [5.74, 6) is 1.21. The standard InChI is InChI=1S/C33H41NO8/c1-31-12-9-22(35)16-21(31)4-5-23-24(31)10-13-32(2)25(23)11-14-33(32,39)28(36)18-40-30(38)8-7-29(37)34-17-20-3-6-26-27(15-20)42-19-41-26/h3,6,15-16,23-25,39H,4-5,7-14,17-19H2,1-2H3,(H,34,37)/t23-,24+,25-,31-,32-,33-/m0/s1. The first-order valence-electron chi connectivity index (χ1n) is 15.3. The van der Waals surface area contributed by atoms with Crippen molar-refractivity contribution in [2.24, 2.45) is 28.6 Å². The summed E-state index contributed by atoms with van der Waals surface area (Å²) in [4.78, 5) is 50.2. The molecule has 0 bridgehead atoms. The summed E-state index contributed by atoms with van der Waals surface area (Å²) in [6.07, 6.45) is 7.83. The molecular formula is C33H41NO8. The Morgan fingerprint density at radius 2 is 1.79 bits per heavy atom. The second-order valence-corrected chi connectivity index (χ2v) is 13.4. The molecule has 0 saturated heterocycles. The van der Waals surface area contributed by atoms with Crippen LogP contribution in [0, 0.1) is 28.6 Å². The molecule has 1 aromatic carbocycles. The predicted octanol–water partition coefficient (Wildman–Crippen LogP) is 4.19. The Morgan fingerprint density at radius 3 is 2.62 bits per heavy atom. The van der Waals surface area contributed by atoms with Crippen LogP contribution in [0.2, 0.25) is 0 Å². The Balaban J connectivity index is 0.998. The molecule has 4 aliphatic carbocycles. The number of allylic oxidation sites excluding steroid dienone is 1. The first kappa shape index (κ1) is 28.9. The van der Waals surface area contributed by atoms with Crippen LogP contribution in [-0.4, -0.2) is 47.6 Å². The maximum atomic E-state index is 13.4. The van der Waals surface area contributed by atoms with Crippen LogP contribution in [0.15, 0.2) is 29.8 Å². The Bertz CT molecular complexity index is 1340. The molecule has 226 valence electrons. The third kappa shape index (κ3) is 4.83. The van der Waals surface area contributed by atoms with E-state index in [-0.39, 0.29) is 49.2 Å². The molecule has 5 aliphatic rings. The van der Waals surface area contributed by atoms with Crippen LogP contribution in [0.3, 0.4) is 0 Å². The second kappa shape index (κ2) is 10.8. The Labute approximate surface area is 246 Å². The highest BCUT2D eigenvalue weighted by Gasteiger charge is 2.66. The van der Waals surface area contributed by atoms with E-state index in [1.165, 1.54) is 5.57 Å². The average Bonchev–Trinajstić information content (AvgIpc) is 3.56. The first-order chi connectivity index (χ1) is 20.0. The summed E-state index contributed by atoms with van der Waals surface area (Å²) >= 11 is 0. The van der Waals surface area contributed by atoms with Crippen molar-refractivity contribution in [3.63, 3.8) is 0 Å². The van der Waals surface area contributed by atoms with Gasteiger partial charge in [0, 0.05) is 24.8 Å². The maximum Gasteiger partial charge on any atom is 0.306 e. The van der Waals surface area contributed by atoms with E-state index >= 15 is 0 Å². The Morgan fingerprint density at radius 1 is 1.00 bits per heavy atom. The van der Waals surface area contributed by atoms with Crippen molar-refractivity contribution in [1.82, 2.24) is 5.32 Å². The van der Waals surface area contributed by atoms with Gasteiger partial charge >= 0.3 is 5.97 Å². The number of carbonyl (C=O) groups is 4. The summed E-state index contributed by atoms with van der Waals surface area (Å²) in [5, 5.41) is 14.6. The molecule has 6 rings (SSSR count). The molecular weight excluding hydrogens is 538 g/mol. The van der Waals surface area contributed by atoms with Gasteiger partial charge in [-0.2, -0.15) is 0 Å². The number of fused-ring (bicyclic) bond motifs is 6. The molecule has 42 heavy (non-hydrogen) atoms. The van der Waals surface area contributed by atoms with E-state index in [2.05, 4.69) is 12.2 Å². The molecule has 2 N–H and O–H groups in total. The van der Waals surface area contributed by atoms with Crippen LogP contribution in [0.4, 0.5) is 0 Å². The number of esters is 1. The van der Waals surface area contributed by atoms with Gasteiger partial charge in [-0.3, -0.25) is 19.2 Å². The molecule has 3 fully saturated rings. The van der Waals surface area contributed by atoms with E-state index in [1.807, 2.05) is 19.1 Å². The highest BCUT2D eigenvalue weighted by Crippen LogP contribution is 2.67. The molecule has 1 aliphatic heterocycles. The number of aliphatic hydroxyl groups is 1. The van der Waals surface area contributed by atoms with Gasteiger partial charge in [-0.1, -0.05) is 25.5 Å². The minimum Gasteiger partial charge on any atom is -0.458 e. The smallest absolute Gasteiger partial charge is 0.306 e. The number of hydrogen-bond donors (Lipinski definition) is 2. The molecule has 0 spiro atoms. The summed E-state index contributed by atoms with van der Waals surface area (Å²) in [6.45, 7) is 4.33.